The summed E-state index contributed by atoms with van der Waals surface area (Å²) in [6.07, 6.45) is 10.1. The Labute approximate surface area is 129 Å². The lowest BCUT2D eigenvalue weighted by Gasteiger charge is -2.38. The van der Waals surface area contributed by atoms with E-state index >= 15 is 0 Å². The summed E-state index contributed by atoms with van der Waals surface area (Å²) in [5.74, 6) is 2.56. The van der Waals surface area contributed by atoms with E-state index in [1.807, 2.05) is 0 Å². The third kappa shape index (κ3) is 4.00. The van der Waals surface area contributed by atoms with Crippen LogP contribution in [-0.4, -0.2) is 36.0 Å². The molecule has 1 N–H and O–H groups in total. The third-order valence-corrected chi connectivity index (χ3v) is 5.86. The van der Waals surface area contributed by atoms with Gasteiger partial charge in [-0.1, -0.05) is 26.7 Å². The summed E-state index contributed by atoms with van der Waals surface area (Å²) in [5, 5.41) is 3.91. The Bertz CT molecular complexity index is 356. The molecule has 0 aromatic carbocycles. The molecule has 0 radical (unpaired) electrons. The molecule has 2 aliphatic carbocycles. The lowest BCUT2D eigenvalue weighted by Crippen LogP contribution is -2.49. The molecule has 1 aliphatic heterocycles. The van der Waals surface area contributed by atoms with Gasteiger partial charge in [0.05, 0.1) is 0 Å². The molecule has 120 valence electrons. The SMILES string of the molecule is CC(C)C1CCCC(NC2CCN(C(=O)C3CC3)CC2)C1. The number of carbonyl (C=O) groups is 1. The number of rotatable bonds is 4. The van der Waals surface area contributed by atoms with E-state index in [-0.39, 0.29) is 0 Å². The molecule has 0 aromatic heterocycles. The summed E-state index contributed by atoms with van der Waals surface area (Å²) in [4.78, 5) is 14.2. The maximum atomic E-state index is 12.1. The zero-order valence-electron chi connectivity index (χ0n) is 13.8. The van der Waals surface area contributed by atoms with E-state index in [1.165, 1.54) is 25.7 Å². The molecule has 3 nitrogen and oxygen atoms in total. The first-order chi connectivity index (χ1) is 10.1. The van der Waals surface area contributed by atoms with Crippen molar-refractivity contribution in [1.29, 1.82) is 0 Å². The van der Waals surface area contributed by atoms with Crippen LogP contribution in [-0.2, 0) is 4.79 Å². The van der Waals surface area contributed by atoms with Crippen LogP contribution >= 0.6 is 0 Å². The van der Waals surface area contributed by atoms with Crippen LogP contribution in [0, 0.1) is 17.8 Å². The Kier molecular flexibility index (Phi) is 4.88. The fourth-order valence-corrected chi connectivity index (χ4v) is 4.17. The zero-order valence-corrected chi connectivity index (χ0v) is 13.8. The van der Waals surface area contributed by atoms with Crippen LogP contribution in [0.3, 0.4) is 0 Å². The van der Waals surface area contributed by atoms with E-state index in [0.717, 1.165) is 56.7 Å². The second kappa shape index (κ2) is 6.68. The fourth-order valence-electron chi connectivity index (χ4n) is 4.17. The van der Waals surface area contributed by atoms with Crippen molar-refractivity contribution in [3.63, 3.8) is 0 Å². The molecular weight excluding hydrogens is 260 g/mol. The van der Waals surface area contributed by atoms with Crippen molar-refractivity contribution in [2.24, 2.45) is 17.8 Å². The van der Waals surface area contributed by atoms with Crippen molar-refractivity contribution in [1.82, 2.24) is 10.2 Å². The molecule has 1 saturated heterocycles. The van der Waals surface area contributed by atoms with Gasteiger partial charge in [0, 0.05) is 31.1 Å². The monoisotopic (exact) mass is 292 g/mol. The molecule has 2 atom stereocenters. The highest BCUT2D eigenvalue weighted by Crippen LogP contribution is 2.33. The van der Waals surface area contributed by atoms with Crippen molar-refractivity contribution < 1.29 is 4.79 Å². The van der Waals surface area contributed by atoms with Crippen molar-refractivity contribution in [2.75, 3.05) is 13.1 Å². The molecule has 2 unspecified atom stereocenters. The summed E-state index contributed by atoms with van der Waals surface area (Å²) in [5.41, 5.74) is 0. The van der Waals surface area contributed by atoms with Crippen LogP contribution in [0.1, 0.15) is 65.2 Å². The largest absolute Gasteiger partial charge is 0.342 e. The Hall–Kier alpha value is -0.570. The number of nitrogens with one attached hydrogen (secondary N) is 1. The van der Waals surface area contributed by atoms with Gasteiger partial charge in [0.25, 0.3) is 0 Å². The number of piperidine rings is 1. The summed E-state index contributed by atoms with van der Waals surface area (Å²) in [7, 11) is 0. The topological polar surface area (TPSA) is 32.3 Å². The van der Waals surface area contributed by atoms with Gasteiger partial charge in [0.2, 0.25) is 5.91 Å². The van der Waals surface area contributed by atoms with E-state index in [9.17, 15) is 4.79 Å². The summed E-state index contributed by atoms with van der Waals surface area (Å²) >= 11 is 0. The maximum absolute atomic E-state index is 12.1. The van der Waals surface area contributed by atoms with Crippen molar-refractivity contribution in [3.05, 3.63) is 0 Å². The molecule has 0 bridgehead atoms. The maximum Gasteiger partial charge on any atom is 0.225 e. The molecule has 3 rings (SSSR count). The third-order valence-electron chi connectivity index (χ3n) is 5.86. The van der Waals surface area contributed by atoms with Crippen LogP contribution in [0.25, 0.3) is 0 Å². The molecule has 3 aliphatic rings. The predicted molar refractivity (Wildman–Crippen MR) is 86.0 cm³/mol. The highest BCUT2D eigenvalue weighted by Gasteiger charge is 2.35. The van der Waals surface area contributed by atoms with Gasteiger partial charge < -0.3 is 10.2 Å². The quantitative estimate of drug-likeness (QED) is 0.863. The van der Waals surface area contributed by atoms with Crippen molar-refractivity contribution in [2.45, 2.75) is 77.3 Å². The van der Waals surface area contributed by atoms with Crippen LogP contribution in [0.15, 0.2) is 0 Å². The minimum Gasteiger partial charge on any atom is -0.342 e. The molecule has 0 aromatic rings. The van der Waals surface area contributed by atoms with E-state index in [2.05, 4.69) is 24.1 Å². The second-order valence-corrected chi connectivity index (χ2v) is 7.91. The van der Waals surface area contributed by atoms with Crippen LogP contribution in [0.4, 0.5) is 0 Å². The van der Waals surface area contributed by atoms with Crippen LogP contribution in [0.5, 0.6) is 0 Å². The van der Waals surface area contributed by atoms with Crippen LogP contribution in [0.2, 0.25) is 0 Å². The van der Waals surface area contributed by atoms with E-state index in [4.69, 9.17) is 0 Å². The highest BCUT2D eigenvalue weighted by molar-refractivity contribution is 5.81. The number of hydrogen-bond donors (Lipinski definition) is 1. The molecular formula is C18H32N2O. The zero-order chi connectivity index (χ0) is 14.8. The smallest absolute Gasteiger partial charge is 0.225 e. The van der Waals surface area contributed by atoms with E-state index < -0.39 is 0 Å². The standard InChI is InChI=1S/C18H32N2O/c1-13(2)15-4-3-5-17(12-15)19-16-8-10-20(11-9-16)18(21)14-6-7-14/h13-17,19H,3-12H2,1-2H3. The average Bonchev–Trinajstić information content (AvgIpc) is 3.32. The Balaban J connectivity index is 1.41. The number of hydrogen-bond acceptors (Lipinski definition) is 2. The molecule has 3 fully saturated rings. The van der Waals surface area contributed by atoms with Crippen molar-refractivity contribution in [3.8, 4) is 0 Å². The molecule has 0 spiro atoms. The van der Waals surface area contributed by atoms with Gasteiger partial charge in [-0.05, 0) is 50.4 Å². The first-order valence-corrected chi connectivity index (χ1v) is 9.18. The molecule has 1 heterocycles. The Morgan fingerprint density at radius 1 is 1.00 bits per heavy atom. The lowest BCUT2D eigenvalue weighted by atomic mass is 9.79. The van der Waals surface area contributed by atoms with Gasteiger partial charge in [0.15, 0.2) is 0 Å². The minimum absolute atomic E-state index is 0.389. The van der Waals surface area contributed by atoms with Gasteiger partial charge in [-0.3, -0.25) is 4.79 Å². The number of nitrogens with zero attached hydrogens (tertiary/aromatic N) is 1. The second-order valence-electron chi connectivity index (χ2n) is 7.91. The Morgan fingerprint density at radius 2 is 1.71 bits per heavy atom. The molecule has 3 heteroatoms. The first-order valence-electron chi connectivity index (χ1n) is 9.18. The minimum atomic E-state index is 0.389. The van der Waals surface area contributed by atoms with Crippen LogP contribution < -0.4 is 5.32 Å². The Morgan fingerprint density at radius 3 is 2.33 bits per heavy atom. The summed E-state index contributed by atoms with van der Waals surface area (Å²) < 4.78 is 0. The summed E-state index contributed by atoms with van der Waals surface area (Å²) in [6, 6.07) is 1.37. The predicted octanol–water partition coefficient (Wildman–Crippen LogP) is 3.19. The summed E-state index contributed by atoms with van der Waals surface area (Å²) in [6.45, 7) is 6.70. The molecule has 21 heavy (non-hydrogen) atoms. The number of likely N-dealkylation sites (tertiary alicyclic amines) is 1. The van der Waals surface area contributed by atoms with Crippen molar-refractivity contribution >= 4 is 5.91 Å². The first kappa shape index (κ1) is 15.3. The number of carbonyl (C=O) groups excluding carboxylic acids is 1. The normalized spacial score (nSPS) is 31.7. The highest BCUT2D eigenvalue weighted by atomic mass is 16.2. The van der Waals surface area contributed by atoms with Gasteiger partial charge in [0.1, 0.15) is 0 Å². The van der Waals surface area contributed by atoms with E-state index in [0.29, 0.717) is 17.9 Å². The number of amides is 1. The lowest BCUT2D eigenvalue weighted by molar-refractivity contribution is -0.133. The van der Waals surface area contributed by atoms with Gasteiger partial charge in [-0.25, -0.2) is 0 Å². The average molecular weight is 292 g/mol. The fraction of sp³-hybridized carbons (Fsp3) is 0.944. The van der Waals surface area contributed by atoms with E-state index in [1.54, 1.807) is 0 Å². The van der Waals surface area contributed by atoms with Gasteiger partial charge >= 0.3 is 0 Å². The molecule has 2 saturated carbocycles. The van der Waals surface area contributed by atoms with Gasteiger partial charge in [-0.15, -0.1) is 0 Å². The molecule has 1 amide bonds. The van der Waals surface area contributed by atoms with Gasteiger partial charge in [-0.2, -0.15) is 0 Å².